The van der Waals surface area contributed by atoms with E-state index in [1.165, 1.54) is 12.1 Å². The lowest BCUT2D eigenvalue weighted by atomic mass is 10.4. The Bertz CT molecular complexity index is 402. The van der Waals surface area contributed by atoms with Crippen molar-refractivity contribution in [2.75, 3.05) is 0 Å². The maximum absolute atomic E-state index is 11.2. The predicted molar refractivity (Wildman–Crippen MR) is 45.9 cm³/mol. The highest BCUT2D eigenvalue weighted by Crippen LogP contribution is 2.09. The zero-order valence-electron chi connectivity index (χ0n) is 6.19. The van der Waals surface area contributed by atoms with Gasteiger partial charge in [-0.1, -0.05) is 18.2 Å². The van der Waals surface area contributed by atoms with Gasteiger partial charge in [-0.2, -0.15) is 0 Å². The number of benzene rings is 1. The van der Waals surface area contributed by atoms with Gasteiger partial charge in [0.2, 0.25) is 9.84 Å². The summed E-state index contributed by atoms with van der Waals surface area (Å²) in [7, 11) is -3.43. The molecule has 3 nitrogen and oxygen atoms in total. The summed E-state index contributed by atoms with van der Waals surface area (Å²) < 4.78 is 22.4. The van der Waals surface area contributed by atoms with E-state index in [1.807, 2.05) is 0 Å². The third-order valence-corrected chi connectivity index (χ3v) is 2.64. The fraction of sp³-hybridized carbons (Fsp3) is 0. The van der Waals surface area contributed by atoms with E-state index >= 15 is 0 Å². The van der Waals surface area contributed by atoms with Crippen LogP contribution >= 0.6 is 0 Å². The van der Waals surface area contributed by atoms with Crippen molar-refractivity contribution in [3.63, 3.8) is 0 Å². The first-order valence-electron chi connectivity index (χ1n) is 3.22. The second-order valence-electron chi connectivity index (χ2n) is 2.12. The van der Waals surface area contributed by atoms with E-state index in [2.05, 4.69) is 0 Å². The number of hydrogen-bond acceptors (Lipinski definition) is 3. The Morgan fingerprint density at radius 1 is 1.25 bits per heavy atom. The highest BCUT2D eigenvalue weighted by molar-refractivity contribution is 7.94. The Morgan fingerprint density at radius 3 is 2.33 bits per heavy atom. The number of rotatable bonds is 2. The highest BCUT2D eigenvalue weighted by Gasteiger charge is 2.07. The van der Waals surface area contributed by atoms with E-state index in [9.17, 15) is 8.42 Å². The average molecular weight is 181 g/mol. The molecule has 1 N–H and O–H groups in total. The van der Waals surface area contributed by atoms with Crippen molar-refractivity contribution in [1.82, 2.24) is 0 Å². The molecule has 62 valence electrons. The van der Waals surface area contributed by atoms with E-state index in [1.54, 1.807) is 24.1 Å². The lowest BCUT2D eigenvalue weighted by Crippen LogP contribution is -1.95. The summed E-state index contributed by atoms with van der Waals surface area (Å²) in [5.41, 5.74) is 0. The quantitative estimate of drug-likeness (QED) is 0.697. The molecule has 0 unspecified atom stereocenters. The van der Waals surface area contributed by atoms with E-state index in [0.29, 0.717) is 0 Å². The third-order valence-electron chi connectivity index (χ3n) is 1.29. The van der Waals surface area contributed by atoms with Crippen molar-refractivity contribution >= 4 is 15.7 Å². The molecule has 4 heteroatoms. The summed E-state index contributed by atoms with van der Waals surface area (Å²) in [6.45, 7) is 0. The van der Waals surface area contributed by atoms with Crippen molar-refractivity contribution in [1.29, 1.82) is 5.41 Å². The summed E-state index contributed by atoms with van der Waals surface area (Å²) in [5.74, 6) is 1.74. The smallest absolute Gasteiger partial charge is 0.208 e. The summed E-state index contributed by atoms with van der Waals surface area (Å²) in [6.07, 6.45) is 0. The molecule has 0 amide bonds. The molecule has 1 rings (SSSR count). The van der Waals surface area contributed by atoms with Gasteiger partial charge in [0.05, 0.1) is 10.3 Å². The van der Waals surface area contributed by atoms with Crippen LogP contribution in [-0.4, -0.2) is 14.3 Å². The van der Waals surface area contributed by atoms with Crippen LogP contribution in [0.1, 0.15) is 0 Å². The second-order valence-corrected chi connectivity index (χ2v) is 3.92. The Morgan fingerprint density at radius 2 is 1.83 bits per heavy atom. The van der Waals surface area contributed by atoms with Gasteiger partial charge in [-0.25, -0.2) is 8.42 Å². The van der Waals surface area contributed by atoms with Gasteiger partial charge in [0.25, 0.3) is 0 Å². The summed E-state index contributed by atoms with van der Waals surface area (Å²) in [4.78, 5) is 0.185. The zero-order valence-corrected chi connectivity index (χ0v) is 7.01. The summed E-state index contributed by atoms with van der Waals surface area (Å²) >= 11 is 0. The van der Waals surface area contributed by atoms with Crippen LogP contribution in [0.15, 0.2) is 40.6 Å². The van der Waals surface area contributed by atoms with Crippen LogP contribution in [0.25, 0.3) is 0 Å². The largest absolute Gasteiger partial charge is 0.258 e. The first kappa shape index (κ1) is 8.71. The van der Waals surface area contributed by atoms with Crippen molar-refractivity contribution in [3.8, 4) is 0 Å². The topological polar surface area (TPSA) is 58.0 Å². The van der Waals surface area contributed by atoms with Crippen molar-refractivity contribution in [3.05, 3.63) is 35.7 Å². The highest BCUT2D eigenvalue weighted by atomic mass is 32.2. The SMILES string of the molecule is N=C=CS(=O)(=O)c1ccccc1. The first-order chi connectivity index (χ1) is 5.67. The zero-order chi connectivity index (χ0) is 9.03. The molecule has 0 bridgehead atoms. The molecule has 0 heterocycles. The van der Waals surface area contributed by atoms with E-state index < -0.39 is 9.84 Å². The van der Waals surface area contributed by atoms with E-state index in [0.717, 1.165) is 5.41 Å². The Labute approximate surface area is 70.8 Å². The molecule has 0 spiro atoms. The number of hydrogen-bond donors (Lipinski definition) is 1. The van der Waals surface area contributed by atoms with Gasteiger partial charge in [0.15, 0.2) is 0 Å². The van der Waals surface area contributed by atoms with Gasteiger partial charge >= 0.3 is 0 Å². The van der Waals surface area contributed by atoms with E-state index in [4.69, 9.17) is 5.41 Å². The van der Waals surface area contributed by atoms with Gasteiger partial charge in [0, 0.05) is 0 Å². The molecule has 0 saturated carbocycles. The predicted octanol–water partition coefficient (Wildman–Crippen LogP) is 1.22. The van der Waals surface area contributed by atoms with E-state index in [-0.39, 0.29) is 4.90 Å². The first-order valence-corrected chi connectivity index (χ1v) is 4.77. The second kappa shape index (κ2) is 3.34. The minimum atomic E-state index is -3.43. The van der Waals surface area contributed by atoms with Gasteiger partial charge < -0.3 is 0 Å². The summed E-state index contributed by atoms with van der Waals surface area (Å²) in [6, 6.07) is 7.94. The van der Waals surface area contributed by atoms with Crippen molar-refractivity contribution in [2.24, 2.45) is 0 Å². The Balaban J connectivity index is 3.25. The van der Waals surface area contributed by atoms with Crippen molar-refractivity contribution < 1.29 is 8.42 Å². The molecule has 1 aromatic rings. The monoisotopic (exact) mass is 181 g/mol. The fourth-order valence-corrected chi connectivity index (χ4v) is 1.58. The Kier molecular flexibility index (Phi) is 2.43. The molecular formula is C8H7NO2S. The van der Waals surface area contributed by atoms with Crippen LogP contribution in [0.5, 0.6) is 0 Å². The maximum Gasteiger partial charge on any atom is 0.208 e. The minimum Gasteiger partial charge on any atom is -0.258 e. The van der Waals surface area contributed by atoms with Crippen LogP contribution in [0.3, 0.4) is 0 Å². The molecule has 12 heavy (non-hydrogen) atoms. The van der Waals surface area contributed by atoms with Crippen LogP contribution in [-0.2, 0) is 9.84 Å². The molecule has 1 aromatic carbocycles. The lowest BCUT2D eigenvalue weighted by molar-refractivity contribution is 0.605. The summed E-state index contributed by atoms with van der Waals surface area (Å²) in [5, 5.41) is 7.26. The molecule has 0 radical (unpaired) electrons. The van der Waals surface area contributed by atoms with Crippen LogP contribution in [0, 0.1) is 5.41 Å². The van der Waals surface area contributed by atoms with Crippen LogP contribution < -0.4 is 0 Å². The van der Waals surface area contributed by atoms with Crippen LogP contribution in [0.2, 0.25) is 0 Å². The molecular weight excluding hydrogens is 174 g/mol. The van der Waals surface area contributed by atoms with Crippen LogP contribution in [0.4, 0.5) is 0 Å². The lowest BCUT2D eigenvalue weighted by Gasteiger charge is -1.94. The van der Waals surface area contributed by atoms with Gasteiger partial charge in [0.1, 0.15) is 0 Å². The number of nitrogens with one attached hydrogen (secondary N) is 1. The molecule has 0 saturated heterocycles. The normalized spacial score (nSPS) is 10.3. The number of sulfone groups is 1. The fourth-order valence-electron chi connectivity index (χ4n) is 0.756. The standard InChI is InChI=1S/C8H7NO2S/c9-6-7-12(10,11)8-4-2-1-3-5-8/h1-5,7,9H. The molecule has 0 aliphatic carbocycles. The molecule has 0 atom stereocenters. The molecule has 0 aliphatic rings. The Hall–Kier alpha value is -1.38. The molecule has 0 fully saturated rings. The van der Waals surface area contributed by atoms with Crippen molar-refractivity contribution in [2.45, 2.75) is 4.90 Å². The van der Waals surface area contributed by atoms with Gasteiger partial charge in [-0.05, 0) is 18.0 Å². The van der Waals surface area contributed by atoms with Gasteiger partial charge in [-0.15, -0.1) is 0 Å². The molecule has 0 aromatic heterocycles. The molecule has 0 aliphatic heterocycles. The maximum atomic E-state index is 11.2. The average Bonchev–Trinajstić information content (AvgIpc) is 2.06. The van der Waals surface area contributed by atoms with Gasteiger partial charge in [-0.3, -0.25) is 5.41 Å². The third kappa shape index (κ3) is 1.81. The minimum absolute atomic E-state index is 0.185.